The zero-order chi connectivity index (χ0) is 14.5. The molecule has 20 heavy (non-hydrogen) atoms. The summed E-state index contributed by atoms with van der Waals surface area (Å²) in [6.45, 7) is 12.0. The van der Waals surface area contributed by atoms with Gasteiger partial charge in [0.1, 0.15) is 5.82 Å². The summed E-state index contributed by atoms with van der Waals surface area (Å²) in [4.78, 5) is 11.5. The number of hydrogen-bond donors (Lipinski definition) is 1. The molecule has 0 spiro atoms. The van der Waals surface area contributed by atoms with Crippen LogP contribution in [-0.4, -0.2) is 29.1 Å². The maximum absolute atomic E-state index is 4.74. The van der Waals surface area contributed by atoms with Gasteiger partial charge in [0.2, 0.25) is 0 Å². The highest BCUT2D eigenvalue weighted by atomic mass is 15.2. The number of aromatic nitrogens is 2. The Morgan fingerprint density at radius 2 is 1.90 bits per heavy atom. The summed E-state index contributed by atoms with van der Waals surface area (Å²) >= 11 is 0. The molecule has 1 aromatic heterocycles. The highest BCUT2D eigenvalue weighted by Crippen LogP contribution is 2.26. The first-order valence-electron chi connectivity index (χ1n) is 7.85. The van der Waals surface area contributed by atoms with E-state index in [0.29, 0.717) is 6.04 Å². The SMILES string of the molecule is CC(C)NCc1cncc(N2CCC(C(C)C)CC2)n1. The summed E-state index contributed by atoms with van der Waals surface area (Å²) in [5, 5.41) is 3.39. The van der Waals surface area contributed by atoms with Crippen molar-refractivity contribution in [1.82, 2.24) is 15.3 Å². The van der Waals surface area contributed by atoms with E-state index in [4.69, 9.17) is 4.98 Å². The van der Waals surface area contributed by atoms with Crippen molar-refractivity contribution in [3.8, 4) is 0 Å². The lowest BCUT2D eigenvalue weighted by Gasteiger charge is -2.34. The fourth-order valence-corrected chi connectivity index (χ4v) is 2.74. The smallest absolute Gasteiger partial charge is 0.147 e. The van der Waals surface area contributed by atoms with Crippen LogP contribution in [-0.2, 0) is 6.54 Å². The normalized spacial score (nSPS) is 17.2. The second kappa shape index (κ2) is 7.02. The number of nitrogens with zero attached hydrogens (tertiary/aromatic N) is 3. The van der Waals surface area contributed by atoms with Crippen LogP contribution in [0.4, 0.5) is 5.82 Å². The number of nitrogens with one attached hydrogen (secondary N) is 1. The van der Waals surface area contributed by atoms with E-state index in [-0.39, 0.29) is 0 Å². The van der Waals surface area contributed by atoms with Crippen LogP contribution in [0.25, 0.3) is 0 Å². The van der Waals surface area contributed by atoms with Crippen molar-refractivity contribution in [2.24, 2.45) is 11.8 Å². The topological polar surface area (TPSA) is 41.1 Å². The van der Waals surface area contributed by atoms with Crippen LogP contribution in [0, 0.1) is 11.8 Å². The van der Waals surface area contributed by atoms with Gasteiger partial charge in [-0.1, -0.05) is 27.7 Å². The van der Waals surface area contributed by atoms with Crippen LogP contribution >= 0.6 is 0 Å². The molecule has 0 aromatic carbocycles. The molecule has 2 rings (SSSR count). The van der Waals surface area contributed by atoms with E-state index in [0.717, 1.165) is 43.0 Å². The van der Waals surface area contributed by atoms with E-state index in [1.807, 2.05) is 12.4 Å². The number of rotatable bonds is 5. The van der Waals surface area contributed by atoms with Gasteiger partial charge in [0.05, 0.1) is 11.9 Å². The minimum Gasteiger partial charge on any atom is -0.355 e. The average molecular weight is 276 g/mol. The molecule has 0 saturated carbocycles. The Kier molecular flexibility index (Phi) is 5.35. The van der Waals surface area contributed by atoms with Crippen molar-refractivity contribution in [2.45, 2.75) is 53.1 Å². The first-order chi connectivity index (χ1) is 9.56. The Labute approximate surface area is 123 Å². The molecule has 2 heterocycles. The average Bonchev–Trinajstić information content (AvgIpc) is 2.45. The molecule has 112 valence electrons. The predicted molar refractivity (Wildman–Crippen MR) is 83.8 cm³/mol. The number of hydrogen-bond acceptors (Lipinski definition) is 4. The fraction of sp³-hybridized carbons (Fsp3) is 0.750. The largest absolute Gasteiger partial charge is 0.355 e. The van der Waals surface area contributed by atoms with Gasteiger partial charge in [-0.2, -0.15) is 0 Å². The van der Waals surface area contributed by atoms with Gasteiger partial charge in [-0.05, 0) is 24.7 Å². The molecule has 0 radical (unpaired) electrons. The Bertz CT molecular complexity index is 409. The molecule has 1 aliphatic heterocycles. The van der Waals surface area contributed by atoms with Crippen molar-refractivity contribution in [3.05, 3.63) is 18.1 Å². The third-order valence-corrected chi connectivity index (χ3v) is 4.17. The van der Waals surface area contributed by atoms with Crippen LogP contribution in [0.1, 0.15) is 46.2 Å². The van der Waals surface area contributed by atoms with E-state index in [1.54, 1.807) is 0 Å². The second-order valence-corrected chi connectivity index (χ2v) is 6.47. The molecule has 1 fully saturated rings. The molecule has 0 amide bonds. The van der Waals surface area contributed by atoms with Crippen molar-refractivity contribution < 1.29 is 0 Å². The molecule has 4 heteroatoms. The van der Waals surface area contributed by atoms with Crippen molar-refractivity contribution in [2.75, 3.05) is 18.0 Å². The lowest BCUT2D eigenvalue weighted by molar-refractivity contribution is 0.310. The molecule has 1 N–H and O–H groups in total. The van der Waals surface area contributed by atoms with E-state index in [1.165, 1.54) is 12.8 Å². The zero-order valence-corrected chi connectivity index (χ0v) is 13.3. The molecule has 1 aromatic rings. The quantitative estimate of drug-likeness (QED) is 0.898. The van der Waals surface area contributed by atoms with Gasteiger partial charge in [-0.25, -0.2) is 4.98 Å². The monoisotopic (exact) mass is 276 g/mol. The van der Waals surface area contributed by atoms with E-state index < -0.39 is 0 Å². The van der Waals surface area contributed by atoms with Crippen LogP contribution in [0.3, 0.4) is 0 Å². The molecule has 0 unspecified atom stereocenters. The van der Waals surface area contributed by atoms with E-state index >= 15 is 0 Å². The molecule has 0 aliphatic carbocycles. The van der Waals surface area contributed by atoms with Gasteiger partial charge < -0.3 is 10.2 Å². The van der Waals surface area contributed by atoms with E-state index in [2.05, 4.69) is 42.9 Å². The number of piperidine rings is 1. The second-order valence-electron chi connectivity index (χ2n) is 6.47. The molecular weight excluding hydrogens is 248 g/mol. The lowest BCUT2D eigenvalue weighted by atomic mass is 9.87. The Balaban J connectivity index is 1.94. The highest BCUT2D eigenvalue weighted by molar-refractivity contribution is 5.36. The van der Waals surface area contributed by atoms with Crippen molar-refractivity contribution in [3.63, 3.8) is 0 Å². The van der Waals surface area contributed by atoms with Gasteiger partial charge >= 0.3 is 0 Å². The summed E-state index contributed by atoms with van der Waals surface area (Å²) in [6, 6.07) is 0.474. The molecule has 0 bridgehead atoms. The van der Waals surface area contributed by atoms with Crippen molar-refractivity contribution in [1.29, 1.82) is 0 Å². The summed E-state index contributed by atoms with van der Waals surface area (Å²) in [5.74, 6) is 2.70. The summed E-state index contributed by atoms with van der Waals surface area (Å²) < 4.78 is 0. The van der Waals surface area contributed by atoms with Crippen LogP contribution in [0.5, 0.6) is 0 Å². The Hall–Kier alpha value is -1.16. The minimum absolute atomic E-state index is 0.474. The molecule has 1 saturated heterocycles. The molecule has 4 nitrogen and oxygen atoms in total. The van der Waals surface area contributed by atoms with Crippen LogP contribution < -0.4 is 10.2 Å². The van der Waals surface area contributed by atoms with Gasteiger partial charge in [0, 0.05) is 31.9 Å². The third kappa shape index (κ3) is 4.17. The standard InChI is InChI=1S/C16H28N4/c1-12(2)14-5-7-20(8-6-14)16-11-17-9-15(19-16)10-18-13(3)4/h9,11-14,18H,5-8,10H2,1-4H3. The maximum atomic E-state index is 4.74. The third-order valence-electron chi connectivity index (χ3n) is 4.17. The van der Waals surface area contributed by atoms with Gasteiger partial charge in [-0.15, -0.1) is 0 Å². The summed E-state index contributed by atoms with van der Waals surface area (Å²) in [5.41, 5.74) is 1.03. The highest BCUT2D eigenvalue weighted by Gasteiger charge is 2.22. The van der Waals surface area contributed by atoms with E-state index in [9.17, 15) is 0 Å². The zero-order valence-electron chi connectivity index (χ0n) is 13.3. The van der Waals surface area contributed by atoms with Gasteiger partial charge in [-0.3, -0.25) is 4.98 Å². The van der Waals surface area contributed by atoms with Crippen LogP contribution in [0.2, 0.25) is 0 Å². The van der Waals surface area contributed by atoms with Gasteiger partial charge in [0.15, 0.2) is 0 Å². The molecule has 0 atom stereocenters. The predicted octanol–water partition coefficient (Wildman–Crippen LogP) is 2.85. The molecule has 1 aliphatic rings. The minimum atomic E-state index is 0.474. The lowest BCUT2D eigenvalue weighted by Crippen LogP contribution is -2.36. The van der Waals surface area contributed by atoms with Crippen LogP contribution in [0.15, 0.2) is 12.4 Å². The maximum Gasteiger partial charge on any atom is 0.147 e. The first kappa shape index (κ1) is 15.2. The molecular formula is C16H28N4. The Morgan fingerprint density at radius 1 is 1.20 bits per heavy atom. The first-order valence-corrected chi connectivity index (χ1v) is 7.85. The summed E-state index contributed by atoms with van der Waals surface area (Å²) in [7, 11) is 0. The summed E-state index contributed by atoms with van der Waals surface area (Å²) in [6.07, 6.45) is 6.30. The van der Waals surface area contributed by atoms with Crippen molar-refractivity contribution >= 4 is 5.82 Å². The van der Waals surface area contributed by atoms with Gasteiger partial charge in [0.25, 0.3) is 0 Å². The Morgan fingerprint density at radius 3 is 2.50 bits per heavy atom. The fourth-order valence-electron chi connectivity index (χ4n) is 2.74. The number of anilines is 1.